The van der Waals surface area contributed by atoms with Crippen LogP contribution in [0.5, 0.6) is 11.8 Å². The van der Waals surface area contributed by atoms with Crippen molar-refractivity contribution in [2.24, 2.45) is 0 Å². The molecule has 1 N–H and O–H groups in total. The second-order valence-electron chi connectivity index (χ2n) is 6.60. The Hall–Kier alpha value is -3.79. The summed E-state index contributed by atoms with van der Waals surface area (Å²) in [6, 6.07) is 9.80. The number of para-hydroxylation sites is 2. The van der Waals surface area contributed by atoms with Crippen LogP contribution in [0.1, 0.15) is 6.92 Å². The third kappa shape index (κ3) is 4.04. The molecule has 2 heterocycles. The van der Waals surface area contributed by atoms with Crippen molar-refractivity contribution in [3.63, 3.8) is 0 Å². The monoisotopic (exact) mass is 459 g/mol. The molecule has 0 saturated carbocycles. The summed E-state index contributed by atoms with van der Waals surface area (Å²) in [5.74, 6) is -3.25. The van der Waals surface area contributed by atoms with E-state index in [2.05, 4.69) is 15.0 Å². The first-order valence-electron chi connectivity index (χ1n) is 9.48. The second kappa shape index (κ2) is 8.75. The lowest BCUT2D eigenvalue weighted by atomic mass is 10.3. The summed E-state index contributed by atoms with van der Waals surface area (Å²) < 4.78 is 34.8. The molecule has 0 amide bonds. The van der Waals surface area contributed by atoms with Gasteiger partial charge < -0.3 is 9.84 Å². The van der Waals surface area contributed by atoms with Crippen molar-refractivity contribution in [1.29, 1.82) is 0 Å². The summed E-state index contributed by atoms with van der Waals surface area (Å²) in [6.45, 7) is 1.76. The highest BCUT2D eigenvalue weighted by Crippen LogP contribution is 2.33. The molecule has 0 bridgehead atoms. The van der Waals surface area contributed by atoms with Crippen LogP contribution in [-0.2, 0) is 11.3 Å². The van der Waals surface area contributed by atoms with Crippen LogP contribution in [0.4, 0.5) is 20.4 Å². The molecule has 0 fully saturated rings. The van der Waals surface area contributed by atoms with Crippen molar-refractivity contribution in [2.75, 3.05) is 11.4 Å². The molecular formula is C21H16ClF2N5O3. The van der Waals surface area contributed by atoms with Crippen molar-refractivity contribution in [1.82, 2.24) is 19.5 Å². The Kier molecular flexibility index (Phi) is 5.87. The lowest BCUT2D eigenvalue weighted by molar-refractivity contribution is -0.135. The maximum absolute atomic E-state index is 13.9. The molecule has 0 aliphatic heterocycles. The zero-order valence-electron chi connectivity index (χ0n) is 16.7. The van der Waals surface area contributed by atoms with Crippen LogP contribution in [0.15, 0.2) is 48.7 Å². The lowest BCUT2D eigenvalue weighted by Crippen LogP contribution is -2.28. The first kappa shape index (κ1) is 21.4. The minimum Gasteiger partial charge on any atom is -0.480 e. The van der Waals surface area contributed by atoms with Crippen LogP contribution < -0.4 is 9.64 Å². The molecule has 164 valence electrons. The Bertz CT molecular complexity index is 1290. The molecule has 2 aromatic carbocycles. The highest BCUT2D eigenvalue weighted by Gasteiger charge is 2.24. The van der Waals surface area contributed by atoms with Gasteiger partial charge in [-0.15, -0.1) is 0 Å². The van der Waals surface area contributed by atoms with Crippen LogP contribution in [-0.4, -0.2) is 37.1 Å². The number of carbonyl (C=O) groups is 1. The van der Waals surface area contributed by atoms with Gasteiger partial charge in [-0.2, -0.15) is 4.98 Å². The van der Waals surface area contributed by atoms with E-state index < -0.39 is 29.9 Å². The Morgan fingerprint density at radius 1 is 1.16 bits per heavy atom. The fourth-order valence-electron chi connectivity index (χ4n) is 3.18. The van der Waals surface area contributed by atoms with Crippen LogP contribution in [0.3, 0.4) is 0 Å². The molecule has 4 rings (SSSR count). The zero-order chi connectivity index (χ0) is 22.8. The average Bonchev–Trinajstić information content (AvgIpc) is 3.13. The second-order valence-corrected chi connectivity index (χ2v) is 7.01. The minimum absolute atomic E-state index is 0.265. The quantitative estimate of drug-likeness (QED) is 0.424. The number of ether oxygens (including phenoxy) is 1. The molecule has 4 aromatic rings. The number of carboxylic acids is 1. The van der Waals surface area contributed by atoms with E-state index in [4.69, 9.17) is 16.3 Å². The third-order valence-corrected chi connectivity index (χ3v) is 4.87. The number of benzene rings is 2. The summed E-state index contributed by atoms with van der Waals surface area (Å²) in [5.41, 5.74) is 1.08. The smallest absolute Gasteiger partial charge is 0.324 e. The van der Waals surface area contributed by atoms with E-state index in [0.29, 0.717) is 28.4 Å². The Morgan fingerprint density at radius 2 is 1.88 bits per heavy atom. The molecule has 0 aliphatic carbocycles. The number of halogens is 3. The van der Waals surface area contributed by atoms with E-state index in [1.165, 1.54) is 17.2 Å². The number of anilines is 2. The summed E-state index contributed by atoms with van der Waals surface area (Å²) in [6.07, 6.45) is 1.33. The van der Waals surface area contributed by atoms with Crippen molar-refractivity contribution in [3.8, 4) is 11.8 Å². The number of nitrogens with zero attached hydrogens (tertiary/aromatic N) is 5. The van der Waals surface area contributed by atoms with Gasteiger partial charge in [0, 0.05) is 6.54 Å². The van der Waals surface area contributed by atoms with E-state index in [9.17, 15) is 18.7 Å². The zero-order valence-corrected chi connectivity index (χ0v) is 17.4. The molecule has 11 heteroatoms. The molecular weight excluding hydrogens is 444 g/mol. The molecule has 0 radical (unpaired) electrons. The van der Waals surface area contributed by atoms with Crippen molar-refractivity contribution < 1.29 is 23.4 Å². The van der Waals surface area contributed by atoms with E-state index in [0.717, 1.165) is 12.1 Å². The molecule has 32 heavy (non-hydrogen) atoms. The normalized spacial score (nSPS) is 11.0. The number of aromatic nitrogens is 4. The number of fused-ring (bicyclic) bond motifs is 1. The van der Waals surface area contributed by atoms with E-state index in [-0.39, 0.29) is 12.0 Å². The maximum Gasteiger partial charge on any atom is 0.324 e. The van der Waals surface area contributed by atoms with Gasteiger partial charge in [-0.1, -0.05) is 29.8 Å². The van der Waals surface area contributed by atoms with Gasteiger partial charge in [0.25, 0.3) is 0 Å². The number of hydrogen-bond acceptors (Lipinski definition) is 6. The van der Waals surface area contributed by atoms with Crippen molar-refractivity contribution in [2.45, 2.75) is 13.5 Å². The largest absolute Gasteiger partial charge is 0.480 e. The number of hydrogen-bond donors (Lipinski definition) is 1. The minimum atomic E-state index is -1.09. The van der Waals surface area contributed by atoms with Crippen LogP contribution >= 0.6 is 11.6 Å². The standard InChI is InChI=1S/C21H16ClF2N5O3/c1-2-28-19-15(10-25-20(27-19)32-18-13(23)7-5-8-14(18)24)26-21(28)29(11-17(30)31)16-9-4-3-6-12(16)22/h3-10H,2,11H2,1H3,(H,30,31). The van der Waals surface area contributed by atoms with Gasteiger partial charge in [0.2, 0.25) is 11.7 Å². The van der Waals surface area contributed by atoms with Crippen molar-refractivity contribution >= 4 is 40.4 Å². The fraction of sp³-hybridized carbons (Fsp3) is 0.143. The highest BCUT2D eigenvalue weighted by atomic mass is 35.5. The third-order valence-electron chi connectivity index (χ3n) is 4.55. The Labute approximate surface area is 185 Å². The Balaban J connectivity index is 1.82. The SMILES string of the molecule is CCn1c(N(CC(=O)O)c2ccccc2Cl)nc2cnc(Oc3c(F)cccc3F)nc21. The van der Waals surface area contributed by atoms with Gasteiger partial charge >= 0.3 is 12.0 Å². The van der Waals surface area contributed by atoms with Gasteiger partial charge in [0.05, 0.1) is 16.9 Å². The predicted molar refractivity (Wildman–Crippen MR) is 114 cm³/mol. The maximum atomic E-state index is 13.9. The van der Waals surface area contributed by atoms with E-state index in [1.807, 2.05) is 6.92 Å². The summed E-state index contributed by atoms with van der Waals surface area (Å²) in [5, 5.41) is 9.80. The molecule has 0 aliphatic rings. The molecule has 0 spiro atoms. The molecule has 0 atom stereocenters. The average molecular weight is 460 g/mol. The van der Waals surface area contributed by atoms with E-state index in [1.54, 1.807) is 28.8 Å². The van der Waals surface area contributed by atoms with Crippen molar-refractivity contribution in [3.05, 3.63) is 65.3 Å². The number of carboxylic acid groups (broad SMARTS) is 1. The molecule has 8 nitrogen and oxygen atoms in total. The first-order valence-corrected chi connectivity index (χ1v) is 9.85. The van der Waals surface area contributed by atoms with Gasteiger partial charge in [-0.3, -0.25) is 14.3 Å². The van der Waals surface area contributed by atoms with Gasteiger partial charge in [-0.25, -0.2) is 18.7 Å². The molecule has 0 unspecified atom stereocenters. The highest BCUT2D eigenvalue weighted by molar-refractivity contribution is 6.33. The predicted octanol–water partition coefficient (Wildman–Crippen LogP) is 4.79. The number of rotatable bonds is 7. The van der Waals surface area contributed by atoms with Gasteiger partial charge in [0.1, 0.15) is 12.1 Å². The summed E-state index contributed by atoms with van der Waals surface area (Å²) in [4.78, 5) is 25.7. The lowest BCUT2D eigenvalue weighted by Gasteiger charge is -2.23. The number of aliphatic carboxylic acids is 1. The van der Waals surface area contributed by atoms with Crippen LogP contribution in [0.2, 0.25) is 5.02 Å². The van der Waals surface area contributed by atoms with Crippen LogP contribution in [0.25, 0.3) is 11.2 Å². The number of aryl methyl sites for hydroxylation is 1. The first-order chi connectivity index (χ1) is 15.4. The molecule has 0 saturated heterocycles. The summed E-state index contributed by atoms with van der Waals surface area (Å²) >= 11 is 6.30. The van der Waals surface area contributed by atoms with Crippen LogP contribution in [0, 0.1) is 11.6 Å². The topological polar surface area (TPSA) is 93.4 Å². The van der Waals surface area contributed by atoms with Gasteiger partial charge in [-0.05, 0) is 31.2 Å². The van der Waals surface area contributed by atoms with E-state index >= 15 is 0 Å². The molecule has 2 aromatic heterocycles. The summed E-state index contributed by atoms with van der Waals surface area (Å²) in [7, 11) is 0. The fourth-order valence-corrected chi connectivity index (χ4v) is 3.42. The van der Waals surface area contributed by atoms with Gasteiger partial charge in [0.15, 0.2) is 17.3 Å². The Morgan fingerprint density at radius 3 is 2.53 bits per heavy atom. The number of imidazole rings is 1.